The predicted octanol–water partition coefficient (Wildman–Crippen LogP) is 3.74. The molecular formula is C10H16S. The van der Waals surface area contributed by atoms with Gasteiger partial charge in [0.05, 0.1) is 0 Å². The summed E-state index contributed by atoms with van der Waals surface area (Å²) in [6.45, 7) is 8.96. The maximum atomic E-state index is 2.32. The molecule has 0 atom stereocenters. The highest BCUT2D eigenvalue weighted by Crippen LogP contribution is 2.28. The van der Waals surface area contributed by atoms with Crippen molar-refractivity contribution in [3.05, 3.63) is 21.4 Å². The largest absolute Gasteiger partial charge is 0.145 e. The molecule has 0 amide bonds. The molecule has 0 radical (unpaired) electrons. The molecule has 0 aromatic carbocycles. The van der Waals surface area contributed by atoms with Gasteiger partial charge in [-0.05, 0) is 30.9 Å². The van der Waals surface area contributed by atoms with Crippen LogP contribution in [-0.2, 0) is 6.42 Å². The maximum Gasteiger partial charge on any atom is 0.0105 e. The van der Waals surface area contributed by atoms with Crippen LogP contribution in [0.1, 0.15) is 42.0 Å². The fourth-order valence-electron chi connectivity index (χ4n) is 1.35. The molecule has 0 fully saturated rings. The molecule has 0 aliphatic carbocycles. The van der Waals surface area contributed by atoms with Crippen LogP contribution in [0.5, 0.6) is 0 Å². The van der Waals surface area contributed by atoms with Gasteiger partial charge in [-0.1, -0.05) is 20.8 Å². The van der Waals surface area contributed by atoms with Crippen molar-refractivity contribution in [1.82, 2.24) is 0 Å². The Morgan fingerprint density at radius 1 is 1.45 bits per heavy atom. The van der Waals surface area contributed by atoms with E-state index in [1.807, 2.05) is 11.3 Å². The van der Waals surface area contributed by atoms with Gasteiger partial charge in [0, 0.05) is 9.75 Å². The molecule has 0 bridgehead atoms. The van der Waals surface area contributed by atoms with Crippen molar-refractivity contribution in [3.63, 3.8) is 0 Å². The summed E-state index contributed by atoms with van der Waals surface area (Å²) >= 11 is 1.95. The standard InChI is InChI=1S/C10H16S/c1-5-9-6-8(4)11-10(9)7(2)3/h6-7H,5H2,1-4H3. The first kappa shape index (κ1) is 8.79. The lowest BCUT2D eigenvalue weighted by atomic mass is 10.1. The maximum absolute atomic E-state index is 2.32. The van der Waals surface area contributed by atoms with E-state index in [2.05, 4.69) is 33.8 Å². The molecule has 0 aliphatic rings. The minimum Gasteiger partial charge on any atom is -0.145 e. The highest BCUT2D eigenvalue weighted by Gasteiger charge is 2.07. The fraction of sp³-hybridized carbons (Fsp3) is 0.600. The molecule has 0 saturated carbocycles. The Kier molecular flexibility index (Phi) is 2.72. The third-order valence-corrected chi connectivity index (χ3v) is 3.26. The molecular weight excluding hydrogens is 152 g/mol. The molecule has 0 N–H and O–H groups in total. The lowest BCUT2D eigenvalue weighted by Crippen LogP contribution is -1.87. The van der Waals surface area contributed by atoms with Gasteiger partial charge in [-0.3, -0.25) is 0 Å². The minimum atomic E-state index is 0.698. The van der Waals surface area contributed by atoms with Crippen molar-refractivity contribution in [2.75, 3.05) is 0 Å². The van der Waals surface area contributed by atoms with Gasteiger partial charge < -0.3 is 0 Å². The minimum absolute atomic E-state index is 0.698. The van der Waals surface area contributed by atoms with Gasteiger partial charge in [-0.2, -0.15) is 0 Å². The summed E-state index contributed by atoms with van der Waals surface area (Å²) in [5, 5.41) is 0. The average molecular weight is 168 g/mol. The zero-order valence-electron chi connectivity index (χ0n) is 7.77. The molecule has 0 aliphatic heterocycles. The summed E-state index contributed by atoms with van der Waals surface area (Å²) in [4.78, 5) is 3.02. The van der Waals surface area contributed by atoms with Gasteiger partial charge in [0.1, 0.15) is 0 Å². The third-order valence-electron chi connectivity index (χ3n) is 1.87. The van der Waals surface area contributed by atoms with E-state index in [1.165, 1.54) is 11.3 Å². The first-order valence-electron chi connectivity index (χ1n) is 4.24. The van der Waals surface area contributed by atoms with Crippen LogP contribution in [0.3, 0.4) is 0 Å². The van der Waals surface area contributed by atoms with Crippen LogP contribution >= 0.6 is 11.3 Å². The summed E-state index contributed by atoms with van der Waals surface area (Å²) < 4.78 is 0. The van der Waals surface area contributed by atoms with Crippen LogP contribution in [0, 0.1) is 6.92 Å². The van der Waals surface area contributed by atoms with Crippen LogP contribution in [0.15, 0.2) is 6.07 Å². The van der Waals surface area contributed by atoms with Gasteiger partial charge in [-0.15, -0.1) is 11.3 Å². The highest BCUT2D eigenvalue weighted by atomic mass is 32.1. The van der Waals surface area contributed by atoms with Gasteiger partial charge in [-0.25, -0.2) is 0 Å². The molecule has 1 aromatic rings. The molecule has 0 nitrogen and oxygen atoms in total. The molecule has 0 unspecified atom stereocenters. The second kappa shape index (κ2) is 3.40. The lowest BCUT2D eigenvalue weighted by Gasteiger charge is -2.03. The highest BCUT2D eigenvalue weighted by molar-refractivity contribution is 7.12. The van der Waals surface area contributed by atoms with E-state index in [-0.39, 0.29) is 0 Å². The zero-order valence-corrected chi connectivity index (χ0v) is 8.59. The molecule has 62 valence electrons. The van der Waals surface area contributed by atoms with Crippen molar-refractivity contribution in [3.8, 4) is 0 Å². The van der Waals surface area contributed by atoms with E-state index < -0.39 is 0 Å². The number of hydrogen-bond donors (Lipinski definition) is 0. The fourth-order valence-corrected chi connectivity index (χ4v) is 2.47. The number of hydrogen-bond acceptors (Lipinski definition) is 1. The normalized spacial score (nSPS) is 11.0. The monoisotopic (exact) mass is 168 g/mol. The van der Waals surface area contributed by atoms with Crippen LogP contribution in [0.4, 0.5) is 0 Å². The second-order valence-electron chi connectivity index (χ2n) is 3.25. The summed E-state index contributed by atoms with van der Waals surface area (Å²) in [6.07, 6.45) is 1.18. The molecule has 1 aromatic heterocycles. The van der Waals surface area contributed by atoms with E-state index in [4.69, 9.17) is 0 Å². The number of rotatable bonds is 2. The van der Waals surface area contributed by atoms with Gasteiger partial charge in [0.15, 0.2) is 0 Å². The topological polar surface area (TPSA) is 0 Å². The Hall–Kier alpha value is -0.300. The quantitative estimate of drug-likeness (QED) is 0.631. The van der Waals surface area contributed by atoms with Gasteiger partial charge in [0.2, 0.25) is 0 Å². The molecule has 0 spiro atoms. The molecule has 11 heavy (non-hydrogen) atoms. The summed E-state index contributed by atoms with van der Waals surface area (Å²) in [6, 6.07) is 2.32. The first-order chi connectivity index (χ1) is 5.15. The Morgan fingerprint density at radius 3 is 2.45 bits per heavy atom. The van der Waals surface area contributed by atoms with Crippen LogP contribution in [-0.4, -0.2) is 0 Å². The van der Waals surface area contributed by atoms with Crippen molar-refractivity contribution in [1.29, 1.82) is 0 Å². The molecule has 1 rings (SSSR count). The lowest BCUT2D eigenvalue weighted by molar-refractivity contribution is 0.870. The van der Waals surface area contributed by atoms with Crippen molar-refractivity contribution < 1.29 is 0 Å². The van der Waals surface area contributed by atoms with E-state index in [1.54, 1.807) is 10.4 Å². The smallest absolute Gasteiger partial charge is 0.0105 e. The van der Waals surface area contributed by atoms with E-state index in [0.717, 1.165) is 0 Å². The SMILES string of the molecule is CCc1cc(C)sc1C(C)C. The van der Waals surface area contributed by atoms with Crippen molar-refractivity contribution in [2.24, 2.45) is 0 Å². The second-order valence-corrected chi connectivity index (χ2v) is 4.54. The van der Waals surface area contributed by atoms with Gasteiger partial charge >= 0.3 is 0 Å². The predicted molar refractivity (Wildman–Crippen MR) is 52.5 cm³/mol. The van der Waals surface area contributed by atoms with Crippen molar-refractivity contribution in [2.45, 2.75) is 40.0 Å². The average Bonchev–Trinajstić information content (AvgIpc) is 2.30. The van der Waals surface area contributed by atoms with Gasteiger partial charge in [0.25, 0.3) is 0 Å². The van der Waals surface area contributed by atoms with Crippen molar-refractivity contribution >= 4 is 11.3 Å². The Balaban J connectivity index is 3.02. The zero-order chi connectivity index (χ0) is 8.43. The molecule has 0 saturated heterocycles. The Bertz CT molecular complexity index is 233. The van der Waals surface area contributed by atoms with Crippen LogP contribution in [0.2, 0.25) is 0 Å². The number of aryl methyl sites for hydroxylation is 2. The molecule has 1 heterocycles. The van der Waals surface area contributed by atoms with E-state index >= 15 is 0 Å². The summed E-state index contributed by atoms with van der Waals surface area (Å²) in [5.41, 5.74) is 1.54. The summed E-state index contributed by atoms with van der Waals surface area (Å²) in [7, 11) is 0. The van der Waals surface area contributed by atoms with Crippen LogP contribution < -0.4 is 0 Å². The third kappa shape index (κ3) is 1.84. The molecule has 1 heteroatoms. The van der Waals surface area contributed by atoms with E-state index in [9.17, 15) is 0 Å². The van der Waals surface area contributed by atoms with E-state index in [0.29, 0.717) is 5.92 Å². The first-order valence-corrected chi connectivity index (χ1v) is 5.06. The number of thiophene rings is 1. The Morgan fingerprint density at radius 2 is 2.09 bits per heavy atom. The summed E-state index contributed by atoms with van der Waals surface area (Å²) in [5.74, 6) is 0.698. The Labute approximate surface area is 73.3 Å². The van der Waals surface area contributed by atoms with Crippen LogP contribution in [0.25, 0.3) is 0 Å².